The molecule has 1 aliphatic carbocycles. The van der Waals surface area contributed by atoms with Crippen LogP contribution >= 0.6 is 0 Å². The fourth-order valence-corrected chi connectivity index (χ4v) is 4.42. The Morgan fingerprint density at radius 1 is 1.12 bits per heavy atom. The zero-order valence-corrected chi connectivity index (χ0v) is 14.9. The van der Waals surface area contributed by atoms with Crippen molar-refractivity contribution in [2.24, 2.45) is 11.3 Å². The van der Waals surface area contributed by atoms with Crippen LogP contribution in [0.1, 0.15) is 25.3 Å². The number of nitrogens with zero attached hydrogens (tertiary/aromatic N) is 2. The molecule has 2 aromatic rings. The van der Waals surface area contributed by atoms with Crippen LogP contribution in [-0.4, -0.2) is 30.4 Å². The van der Waals surface area contributed by atoms with Gasteiger partial charge in [0.15, 0.2) is 0 Å². The number of carbonyl (C=O) groups is 1. The maximum Gasteiger partial charge on any atom is 0.223 e. The minimum Gasteiger partial charge on any atom is -0.312 e. The Hall–Kier alpha value is -2.13. The van der Waals surface area contributed by atoms with Crippen LogP contribution in [0.4, 0.5) is 5.69 Å². The molecule has 2 aliphatic rings. The predicted molar refractivity (Wildman–Crippen MR) is 101 cm³/mol. The van der Waals surface area contributed by atoms with E-state index in [1.54, 1.807) is 6.92 Å². The molecule has 25 heavy (non-hydrogen) atoms. The first-order valence-corrected chi connectivity index (χ1v) is 9.26. The molecule has 2 fully saturated rings. The normalized spacial score (nSPS) is 25.2. The molecule has 3 heteroatoms. The quantitative estimate of drug-likeness (QED) is 0.826. The molecule has 1 saturated carbocycles. The lowest BCUT2D eigenvalue weighted by atomic mass is 9.95. The zero-order chi connectivity index (χ0) is 17.3. The summed E-state index contributed by atoms with van der Waals surface area (Å²) in [5, 5.41) is 0. The second-order valence-corrected chi connectivity index (χ2v) is 7.69. The summed E-state index contributed by atoms with van der Waals surface area (Å²) in [5.74, 6) is 0.927. The Kier molecular flexibility index (Phi) is 4.34. The Balaban J connectivity index is 1.47. The zero-order valence-electron chi connectivity index (χ0n) is 14.9. The first kappa shape index (κ1) is 16.3. The van der Waals surface area contributed by atoms with Gasteiger partial charge >= 0.3 is 0 Å². The number of anilines is 1. The van der Waals surface area contributed by atoms with E-state index in [9.17, 15) is 4.79 Å². The van der Waals surface area contributed by atoms with Crippen LogP contribution in [-0.2, 0) is 11.3 Å². The van der Waals surface area contributed by atoms with Crippen molar-refractivity contribution in [2.45, 2.75) is 26.3 Å². The summed E-state index contributed by atoms with van der Waals surface area (Å²) in [7, 11) is 0. The highest BCUT2D eigenvalue weighted by Gasteiger charge is 2.57. The number of carbonyl (C=O) groups excluding carboxylic acids is 1. The molecule has 4 rings (SSSR count). The van der Waals surface area contributed by atoms with E-state index in [1.807, 2.05) is 35.2 Å². The number of likely N-dealkylation sites (tertiary alicyclic amines) is 1. The average Bonchev–Trinajstić information content (AvgIpc) is 3.35. The highest BCUT2D eigenvalue weighted by Crippen LogP contribution is 2.58. The topological polar surface area (TPSA) is 23.6 Å². The minimum absolute atomic E-state index is 0.145. The number of hydrogen-bond acceptors (Lipinski definition) is 2. The van der Waals surface area contributed by atoms with Crippen molar-refractivity contribution in [2.75, 3.05) is 24.5 Å². The lowest BCUT2D eigenvalue weighted by molar-refractivity contribution is -0.116. The molecular weight excluding hydrogens is 308 g/mol. The van der Waals surface area contributed by atoms with Gasteiger partial charge in [0.2, 0.25) is 5.91 Å². The fourth-order valence-electron chi connectivity index (χ4n) is 4.42. The van der Waals surface area contributed by atoms with Crippen molar-refractivity contribution < 1.29 is 4.79 Å². The smallest absolute Gasteiger partial charge is 0.223 e. The third kappa shape index (κ3) is 3.47. The van der Waals surface area contributed by atoms with Gasteiger partial charge in [0.25, 0.3) is 0 Å². The molecule has 2 atom stereocenters. The first-order valence-electron chi connectivity index (χ1n) is 9.26. The summed E-state index contributed by atoms with van der Waals surface area (Å²) >= 11 is 0. The van der Waals surface area contributed by atoms with Crippen molar-refractivity contribution in [3.8, 4) is 0 Å². The SMILES string of the molecule is CC(=O)N(CC12CC1CCN(Cc1ccccc1)C2)c1ccccc1. The van der Waals surface area contributed by atoms with Gasteiger partial charge in [-0.3, -0.25) is 9.69 Å². The summed E-state index contributed by atoms with van der Waals surface area (Å²) in [6.45, 7) is 5.82. The lowest BCUT2D eigenvalue weighted by Gasteiger charge is -2.36. The number of amides is 1. The molecule has 2 aromatic carbocycles. The summed E-state index contributed by atoms with van der Waals surface area (Å²) < 4.78 is 0. The van der Waals surface area contributed by atoms with Crippen molar-refractivity contribution >= 4 is 11.6 Å². The molecule has 0 spiro atoms. The van der Waals surface area contributed by atoms with Gasteiger partial charge in [-0.05, 0) is 43.0 Å². The van der Waals surface area contributed by atoms with Crippen LogP contribution in [0.5, 0.6) is 0 Å². The van der Waals surface area contributed by atoms with E-state index in [4.69, 9.17) is 0 Å². The Morgan fingerprint density at radius 2 is 1.80 bits per heavy atom. The molecule has 3 nitrogen and oxygen atoms in total. The third-order valence-electron chi connectivity index (χ3n) is 5.86. The number of hydrogen-bond donors (Lipinski definition) is 0. The number of fused-ring (bicyclic) bond motifs is 1. The number of piperidine rings is 1. The molecular formula is C22H26N2O. The molecule has 1 aliphatic heterocycles. The Morgan fingerprint density at radius 3 is 2.48 bits per heavy atom. The van der Waals surface area contributed by atoms with Gasteiger partial charge in [-0.25, -0.2) is 0 Å². The summed E-state index contributed by atoms with van der Waals surface area (Å²) in [5.41, 5.74) is 2.69. The number of para-hydroxylation sites is 1. The molecule has 1 saturated heterocycles. The highest BCUT2D eigenvalue weighted by atomic mass is 16.2. The van der Waals surface area contributed by atoms with Crippen molar-refractivity contribution in [1.29, 1.82) is 0 Å². The van der Waals surface area contributed by atoms with Crippen LogP contribution in [0.3, 0.4) is 0 Å². The molecule has 130 valence electrons. The van der Waals surface area contributed by atoms with Crippen LogP contribution in [0.25, 0.3) is 0 Å². The van der Waals surface area contributed by atoms with Gasteiger partial charge in [0.1, 0.15) is 0 Å². The van der Waals surface area contributed by atoms with E-state index in [0.717, 1.165) is 31.2 Å². The fraction of sp³-hybridized carbons (Fsp3) is 0.409. The Bertz CT molecular complexity index is 730. The van der Waals surface area contributed by atoms with E-state index in [0.29, 0.717) is 0 Å². The molecule has 1 heterocycles. The molecule has 2 unspecified atom stereocenters. The van der Waals surface area contributed by atoms with E-state index in [1.165, 1.54) is 24.9 Å². The van der Waals surface area contributed by atoms with E-state index < -0.39 is 0 Å². The maximum atomic E-state index is 12.3. The van der Waals surface area contributed by atoms with E-state index >= 15 is 0 Å². The minimum atomic E-state index is 0.145. The van der Waals surface area contributed by atoms with Crippen LogP contribution < -0.4 is 4.90 Å². The van der Waals surface area contributed by atoms with E-state index in [-0.39, 0.29) is 11.3 Å². The van der Waals surface area contributed by atoms with Crippen LogP contribution in [0.15, 0.2) is 60.7 Å². The Labute approximate surface area is 150 Å². The standard InChI is InChI=1S/C22H26N2O/c1-18(25)24(21-10-6-3-7-11-21)17-22-14-20(22)12-13-23(16-22)15-19-8-4-2-5-9-19/h2-11,20H,12-17H2,1H3. The number of benzene rings is 2. The maximum absolute atomic E-state index is 12.3. The predicted octanol–water partition coefficient (Wildman–Crippen LogP) is 3.95. The van der Waals surface area contributed by atoms with Gasteiger partial charge in [-0.2, -0.15) is 0 Å². The lowest BCUT2D eigenvalue weighted by Crippen LogP contribution is -2.44. The second-order valence-electron chi connectivity index (χ2n) is 7.69. The number of rotatable bonds is 5. The van der Waals surface area contributed by atoms with Gasteiger partial charge in [0.05, 0.1) is 0 Å². The summed E-state index contributed by atoms with van der Waals surface area (Å²) in [4.78, 5) is 16.8. The van der Waals surface area contributed by atoms with Crippen LogP contribution in [0.2, 0.25) is 0 Å². The van der Waals surface area contributed by atoms with Gasteiger partial charge in [-0.15, -0.1) is 0 Å². The molecule has 0 N–H and O–H groups in total. The van der Waals surface area contributed by atoms with Crippen molar-refractivity contribution in [3.63, 3.8) is 0 Å². The molecule has 0 aromatic heterocycles. The van der Waals surface area contributed by atoms with Crippen LogP contribution in [0, 0.1) is 11.3 Å². The summed E-state index contributed by atoms with van der Waals surface area (Å²) in [6, 6.07) is 20.8. The third-order valence-corrected chi connectivity index (χ3v) is 5.86. The molecule has 0 radical (unpaired) electrons. The molecule has 0 bridgehead atoms. The average molecular weight is 334 g/mol. The summed E-state index contributed by atoms with van der Waals surface area (Å²) in [6.07, 6.45) is 2.52. The van der Waals surface area contributed by atoms with E-state index in [2.05, 4.69) is 35.2 Å². The van der Waals surface area contributed by atoms with Crippen molar-refractivity contribution in [1.82, 2.24) is 4.90 Å². The van der Waals surface area contributed by atoms with Gasteiger partial charge in [0, 0.05) is 37.7 Å². The molecule has 1 amide bonds. The monoisotopic (exact) mass is 334 g/mol. The first-order chi connectivity index (χ1) is 12.2. The largest absolute Gasteiger partial charge is 0.312 e. The van der Waals surface area contributed by atoms with Gasteiger partial charge < -0.3 is 4.90 Å². The highest BCUT2D eigenvalue weighted by molar-refractivity contribution is 5.91. The van der Waals surface area contributed by atoms with Gasteiger partial charge in [-0.1, -0.05) is 48.5 Å². The second kappa shape index (κ2) is 6.64. The van der Waals surface area contributed by atoms with Crippen molar-refractivity contribution in [3.05, 3.63) is 66.2 Å².